The number of ether oxygens (including phenoxy) is 1. The summed E-state index contributed by atoms with van der Waals surface area (Å²) in [4.78, 5) is 29.6. The van der Waals surface area contributed by atoms with Crippen molar-refractivity contribution in [3.63, 3.8) is 0 Å². The van der Waals surface area contributed by atoms with Gasteiger partial charge in [0.2, 0.25) is 0 Å². The van der Waals surface area contributed by atoms with Crippen LogP contribution in [0.25, 0.3) is 16.6 Å². The van der Waals surface area contributed by atoms with Gasteiger partial charge in [-0.3, -0.25) is 14.3 Å². The molecular weight excluding hydrogens is 435 g/mol. The molecule has 8 heteroatoms. The fourth-order valence-electron chi connectivity index (χ4n) is 3.78. The van der Waals surface area contributed by atoms with Gasteiger partial charge in [0.15, 0.2) is 6.61 Å². The van der Waals surface area contributed by atoms with Crippen molar-refractivity contribution >= 4 is 28.6 Å². The Morgan fingerprint density at radius 3 is 2.56 bits per heavy atom. The first-order chi connectivity index (χ1) is 16.3. The summed E-state index contributed by atoms with van der Waals surface area (Å²) >= 11 is 0. The number of nitrogens with one attached hydrogen (secondary N) is 1. The smallest absolute Gasteiger partial charge is 0.340 e. The van der Waals surface area contributed by atoms with Crippen molar-refractivity contribution < 1.29 is 18.7 Å². The van der Waals surface area contributed by atoms with Gasteiger partial charge in [0.05, 0.1) is 22.3 Å². The number of rotatable bonds is 5. The molecule has 0 aliphatic carbocycles. The van der Waals surface area contributed by atoms with E-state index in [-0.39, 0.29) is 5.56 Å². The van der Waals surface area contributed by atoms with E-state index in [4.69, 9.17) is 4.74 Å². The average molecular weight is 456 g/mol. The SMILES string of the molecule is Cc1nc2cc(F)ccc2cc1C(=O)OCC(=O)Nc1c(C#N)c(C)c(C)n1-c1ccccc1. The number of amides is 1. The normalized spacial score (nSPS) is 10.7. The third-order valence-corrected chi connectivity index (χ3v) is 5.62. The van der Waals surface area contributed by atoms with E-state index in [0.717, 1.165) is 16.9 Å². The number of fused-ring (bicyclic) bond motifs is 1. The van der Waals surface area contributed by atoms with E-state index in [9.17, 15) is 19.2 Å². The van der Waals surface area contributed by atoms with E-state index < -0.39 is 24.3 Å². The Morgan fingerprint density at radius 1 is 1.12 bits per heavy atom. The summed E-state index contributed by atoms with van der Waals surface area (Å²) in [6.07, 6.45) is 0. The molecule has 0 fully saturated rings. The summed E-state index contributed by atoms with van der Waals surface area (Å²) in [5.74, 6) is -1.42. The Balaban J connectivity index is 1.54. The number of anilines is 1. The first-order valence-corrected chi connectivity index (χ1v) is 10.5. The van der Waals surface area contributed by atoms with Gasteiger partial charge in [-0.2, -0.15) is 5.26 Å². The standard InChI is InChI=1S/C26H21FN4O3/c1-15-17(3)31(20-7-5-4-6-8-20)25(22(15)13-28)30-24(32)14-34-26(33)21-11-18-9-10-19(27)12-23(18)29-16(21)2/h4-12H,14H2,1-3H3,(H,30,32). The Kier molecular flexibility index (Phi) is 6.11. The predicted octanol–water partition coefficient (Wildman–Crippen LogP) is 4.76. The van der Waals surface area contributed by atoms with Gasteiger partial charge in [0, 0.05) is 22.8 Å². The number of benzene rings is 2. The number of halogens is 1. The molecule has 2 heterocycles. The fraction of sp³-hybridized carbons (Fsp3) is 0.154. The lowest BCUT2D eigenvalue weighted by Crippen LogP contribution is -2.23. The van der Waals surface area contributed by atoms with Crippen LogP contribution in [0.3, 0.4) is 0 Å². The molecule has 0 bridgehead atoms. The highest BCUT2D eigenvalue weighted by Gasteiger charge is 2.22. The summed E-state index contributed by atoms with van der Waals surface area (Å²) in [6, 6.07) is 17.1. The summed E-state index contributed by atoms with van der Waals surface area (Å²) in [6.45, 7) is 4.73. The van der Waals surface area contributed by atoms with Crippen molar-refractivity contribution in [3.8, 4) is 11.8 Å². The molecule has 1 amide bonds. The van der Waals surface area contributed by atoms with Gasteiger partial charge < -0.3 is 10.1 Å². The van der Waals surface area contributed by atoms with Gasteiger partial charge in [-0.1, -0.05) is 18.2 Å². The van der Waals surface area contributed by atoms with Crippen molar-refractivity contribution in [1.29, 1.82) is 5.26 Å². The second kappa shape index (κ2) is 9.16. The Morgan fingerprint density at radius 2 is 1.85 bits per heavy atom. The Bertz CT molecular complexity index is 1470. The van der Waals surface area contributed by atoms with Crippen LogP contribution in [0.1, 0.15) is 32.9 Å². The molecule has 0 radical (unpaired) electrons. The molecule has 0 aliphatic heterocycles. The zero-order chi connectivity index (χ0) is 24.4. The molecule has 2 aromatic carbocycles. The third-order valence-electron chi connectivity index (χ3n) is 5.62. The summed E-state index contributed by atoms with van der Waals surface area (Å²) in [5, 5.41) is 13.0. The lowest BCUT2D eigenvalue weighted by Gasteiger charge is -2.13. The van der Waals surface area contributed by atoms with Crippen LogP contribution in [0.2, 0.25) is 0 Å². The van der Waals surface area contributed by atoms with Gasteiger partial charge in [-0.15, -0.1) is 0 Å². The van der Waals surface area contributed by atoms with Gasteiger partial charge in [0.1, 0.15) is 17.7 Å². The lowest BCUT2D eigenvalue weighted by atomic mass is 10.1. The molecular formula is C26H21FN4O3. The summed E-state index contributed by atoms with van der Waals surface area (Å²) < 4.78 is 20.4. The largest absolute Gasteiger partial charge is 0.452 e. The van der Waals surface area contributed by atoms with Crippen molar-refractivity contribution in [2.24, 2.45) is 0 Å². The topological polar surface area (TPSA) is 97.0 Å². The van der Waals surface area contributed by atoms with Crippen molar-refractivity contribution in [3.05, 3.63) is 88.5 Å². The van der Waals surface area contributed by atoms with Crippen LogP contribution in [-0.4, -0.2) is 28.0 Å². The monoisotopic (exact) mass is 456 g/mol. The number of hydrogen-bond donors (Lipinski definition) is 1. The maximum atomic E-state index is 13.4. The number of hydrogen-bond acceptors (Lipinski definition) is 5. The third kappa shape index (κ3) is 4.24. The molecule has 7 nitrogen and oxygen atoms in total. The Labute approximate surface area is 195 Å². The van der Waals surface area contributed by atoms with Crippen LogP contribution >= 0.6 is 0 Å². The highest BCUT2D eigenvalue weighted by atomic mass is 19.1. The number of para-hydroxylation sites is 1. The molecule has 0 aliphatic rings. The number of esters is 1. The second-order valence-corrected chi connectivity index (χ2v) is 7.80. The van der Waals surface area contributed by atoms with E-state index in [1.54, 1.807) is 17.6 Å². The molecule has 170 valence electrons. The number of carbonyl (C=O) groups excluding carboxylic acids is 2. The predicted molar refractivity (Wildman–Crippen MR) is 125 cm³/mol. The fourth-order valence-corrected chi connectivity index (χ4v) is 3.78. The molecule has 1 N–H and O–H groups in total. The van der Waals surface area contributed by atoms with E-state index in [1.165, 1.54) is 18.2 Å². The van der Waals surface area contributed by atoms with Crippen LogP contribution in [0.15, 0.2) is 54.6 Å². The minimum Gasteiger partial charge on any atom is -0.452 e. The number of carbonyl (C=O) groups is 2. The van der Waals surface area contributed by atoms with Crippen LogP contribution in [0.5, 0.6) is 0 Å². The van der Waals surface area contributed by atoms with Crippen molar-refractivity contribution in [2.45, 2.75) is 20.8 Å². The number of aromatic nitrogens is 2. The maximum absolute atomic E-state index is 13.4. The van der Waals surface area contributed by atoms with Gasteiger partial charge in [-0.05, 0) is 56.7 Å². The summed E-state index contributed by atoms with van der Waals surface area (Å²) in [5.41, 5.74) is 3.64. The minimum absolute atomic E-state index is 0.184. The molecule has 2 aromatic heterocycles. The number of nitriles is 1. The first kappa shape index (κ1) is 22.7. The average Bonchev–Trinajstić information content (AvgIpc) is 3.06. The molecule has 0 saturated carbocycles. The second-order valence-electron chi connectivity index (χ2n) is 7.80. The quantitative estimate of drug-likeness (QED) is 0.437. The molecule has 0 saturated heterocycles. The van der Waals surface area contributed by atoms with Crippen LogP contribution < -0.4 is 5.32 Å². The van der Waals surface area contributed by atoms with Crippen LogP contribution in [-0.2, 0) is 9.53 Å². The minimum atomic E-state index is -0.724. The lowest BCUT2D eigenvalue weighted by molar-refractivity contribution is -0.119. The summed E-state index contributed by atoms with van der Waals surface area (Å²) in [7, 11) is 0. The number of nitrogens with zero attached hydrogens (tertiary/aromatic N) is 3. The van der Waals surface area contributed by atoms with Crippen LogP contribution in [0, 0.1) is 37.9 Å². The molecule has 0 unspecified atom stereocenters. The molecule has 0 spiro atoms. The molecule has 4 rings (SSSR count). The van der Waals surface area contributed by atoms with Gasteiger partial charge in [-0.25, -0.2) is 9.18 Å². The first-order valence-electron chi connectivity index (χ1n) is 10.5. The van der Waals surface area contributed by atoms with E-state index in [1.807, 2.05) is 44.2 Å². The van der Waals surface area contributed by atoms with Crippen molar-refractivity contribution in [1.82, 2.24) is 9.55 Å². The molecule has 34 heavy (non-hydrogen) atoms. The van der Waals surface area contributed by atoms with Crippen LogP contribution in [0.4, 0.5) is 10.2 Å². The number of aryl methyl sites for hydroxylation is 1. The number of pyridine rings is 1. The van der Waals surface area contributed by atoms with E-state index in [2.05, 4.69) is 16.4 Å². The zero-order valence-corrected chi connectivity index (χ0v) is 18.8. The highest BCUT2D eigenvalue weighted by molar-refractivity contribution is 5.98. The van der Waals surface area contributed by atoms with E-state index in [0.29, 0.717) is 28.0 Å². The molecule has 0 atom stereocenters. The molecule has 4 aromatic rings. The highest BCUT2D eigenvalue weighted by Crippen LogP contribution is 2.30. The Hall–Kier alpha value is -4.51. The van der Waals surface area contributed by atoms with E-state index >= 15 is 0 Å². The van der Waals surface area contributed by atoms with Crippen molar-refractivity contribution in [2.75, 3.05) is 11.9 Å². The van der Waals surface area contributed by atoms with Gasteiger partial charge >= 0.3 is 5.97 Å². The van der Waals surface area contributed by atoms with Gasteiger partial charge in [0.25, 0.3) is 5.91 Å². The maximum Gasteiger partial charge on any atom is 0.340 e. The zero-order valence-electron chi connectivity index (χ0n) is 18.8.